The summed E-state index contributed by atoms with van der Waals surface area (Å²) in [5.41, 5.74) is 2.90. The summed E-state index contributed by atoms with van der Waals surface area (Å²) in [6, 6.07) is 9.47. The maximum Gasteiger partial charge on any atom is 0.328 e. The summed E-state index contributed by atoms with van der Waals surface area (Å²) < 4.78 is 40.4. The Morgan fingerprint density at radius 3 is 2.75 bits per heavy atom. The summed E-state index contributed by atoms with van der Waals surface area (Å²) in [6.45, 7) is -0.0495. The molecule has 0 fully saturated rings. The minimum atomic E-state index is -4.41. The molecule has 0 saturated heterocycles. The van der Waals surface area contributed by atoms with Gasteiger partial charge in [0, 0.05) is 0 Å². The normalized spacial score (nSPS) is 11.4. The Kier molecular flexibility index (Phi) is 5.55. The lowest BCUT2D eigenvalue weighted by molar-refractivity contribution is -0.119. The van der Waals surface area contributed by atoms with Crippen molar-refractivity contribution in [1.82, 2.24) is 5.43 Å². The molecule has 24 heavy (non-hydrogen) atoms. The number of hydrazone groups is 1. The van der Waals surface area contributed by atoms with Gasteiger partial charge in [0.1, 0.15) is 11.5 Å². The number of benzene rings is 1. The molecule has 0 aliphatic carbocycles. The lowest BCUT2D eigenvalue weighted by atomic mass is 10.3. The van der Waals surface area contributed by atoms with Gasteiger partial charge < -0.3 is 14.5 Å². The summed E-state index contributed by atoms with van der Waals surface area (Å²) >= 11 is 0. The van der Waals surface area contributed by atoms with Crippen LogP contribution in [0.25, 0.3) is 0 Å². The zero-order valence-electron chi connectivity index (χ0n) is 12.6. The molecule has 0 unspecified atom stereocenters. The van der Waals surface area contributed by atoms with Crippen molar-refractivity contribution < 1.29 is 26.9 Å². The Hall–Kier alpha value is -2.85. The van der Waals surface area contributed by atoms with E-state index >= 15 is 0 Å². The average Bonchev–Trinajstić information content (AvgIpc) is 3.02. The Balaban J connectivity index is 1.86. The number of para-hydroxylation sites is 2. The molecule has 1 aromatic carbocycles. The lowest BCUT2D eigenvalue weighted by Crippen LogP contribution is -2.26. The van der Waals surface area contributed by atoms with Gasteiger partial charge in [-0.25, -0.2) is 5.43 Å². The first-order chi connectivity index (χ1) is 11.4. The highest BCUT2D eigenvalue weighted by molar-refractivity contribution is 7.85. The van der Waals surface area contributed by atoms with Crippen molar-refractivity contribution >= 4 is 27.9 Å². The molecule has 0 spiro atoms. The van der Waals surface area contributed by atoms with Gasteiger partial charge in [0.15, 0.2) is 0 Å². The number of carbonyl (C=O) groups is 1. The highest BCUT2D eigenvalue weighted by atomic mass is 32.2. The molecule has 0 radical (unpaired) electrons. The van der Waals surface area contributed by atoms with Crippen molar-refractivity contribution in [2.45, 2.75) is 5.09 Å². The van der Waals surface area contributed by atoms with E-state index in [1.807, 2.05) is 0 Å². The van der Waals surface area contributed by atoms with E-state index in [1.54, 1.807) is 24.3 Å². The van der Waals surface area contributed by atoms with Crippen molar-refractivity contribution in [3.8, 4) is 5.75 Å². The van der Waals surface area contributed by atoms with Crippen molar-refractivity contribution in [2.75, 3.05) is 19.0 Å². The number of furan rings is 1. The number of amides is 1. The number of ether oxygens (including phenoxy) is 1. The molecule has 0 aliphatic rings. The van der Waals surface area contributed by atoms with Crippen molar-refractivity contribution in [3.63, 3.8) is 0 Å². The highest BCUT2D eigenvalue weighted by Gasteiger charge is 2.14. The minimum absolute atomic E-state index is 0.0495. The molecule has 128 valence electrons. The Morgan fingerprint density at radius 2 is 2.08 bits per heavy atom. The monoisotopic (exact) mass is 353 g/mol. The summed E-state index contributed by atoms with van der Waals surface area (Å²) in [5, 5.41) is 5.91. The van der Waals surface area contributed by atoms with Gasteiger partial charge >= 0.3 is 10.1 Å². The zero-order valence-corrected chi connectivity index (χ0v) is 13.4. The SMILES string of the molecule is COc1ccccc1NCC(=O)N/N=C/c1ccc(S(=O)(=O)O)o1. The van der Waals surface area contributed by atoms with Gasteiger partial charge in [0.25, 0.3) is 5.91 Å². The fraction of sp³-hybridized carbons (Fsp3) is 0.143. The van der Waals surface area contributed by atoms with Crippen LogP contribution in [0.4, 0.5) is 5.69 Å². The number of anilines is 1. The second-order valence-electron chi connectivity index (χ2n) is 4.48. The molecule has 1 heterocycles. The van der Waals surface area contributed by atoms with Gasteiger partial charge in [0.05, 0.1) is 25.6 Å². The van der Waals surface area contributed by atoms with Crippen molar-refractivity contribution in [2.24, 2.45) is 5.10 Å². The number of rotatable bonds is 7. The van der Waals surface area contributed by atoms with Crippen LogP contribution in [-0.4, -0.2) is 38.7 Å². The van der Waals surface area contributed by atoms with Crippen LogP contribution in [-0.2, 0) is 14.9 Å². The summed E-state index contributed by atoms with van der Waals surface area (Å²) in [4.78, 5) is 11.7. The minimum Gasteiger partial charge on any atom is -0.495 e. The van der Waals surface area contributed by atoms with Crippen molar-refractivity contribution in [1.29, 1.82) is 0 Å². The van der Waals surface area contributed by atoms with Crippen LogP contribution in [0.5, 0.6) is 5.75 Å². The first kappa shape index (κ1) is 17.5. The molecule has 10 heteroatoms. The van der Waals surface area contributed by atoms with Crippen LogP contribution < -0.4 is 15.5 Å². The summed E-state index contributed by atoms with van der Waals surface area (Å²) in [6.07, 6.45) is 1.11. The predicted octanol–water partition coefficient (Wildman–Crippen LogP) is 1.10. The van der Waals surface area contributed by atoms with Gasteiger partial charge in [-0.1, -0.05) is 12.1 Å². The summed E-state index contributed by atoms with van der Waals surface area (Å²) in [5.74, 6) is 0.224. The number of carbonyl (C=O) groups excluding carboxylic acids is 1. The Bertz CT molecular complexity index is 844. The van der Waals surface area contributed by atoms with Crippen LogP contribution in [0.3, 0.4) is 0 Å². The van der Waals surface area contributed by atoms with Crippen LogP contribution in [0.2, 0.25) is 0 Å². The third kappa shape index (κ3) is 4.83. The van der Waals surface area contributed by atoms with E-state index in [0.29, 0.717) is 11.4 Å². The molecular weight excluding hydrogens is 338 g/mol. The maximum atomic E-state index is 11.7. The topological polar surface area (TPSA) is 130 Å². The maximum absolute atomic E-state index is 11.7. The molecule has 0 atom stereocenters. The molecule has 0 bridgehead atoms. The molecule has 2 rings (SSSR count). The molecule has 9 nitrogen and oxygen atoms in total. The van der Waals surface area contributed by atoms with Crippen LogP contribution in [0, 0.1) is 0 Å². The van der Waals surface area contributed by atoms with E-state index in [2.05, 4.69) is 15.8 Å². The van der Waals surface area contributed by atoms with E-state index in [0.717, 1.165) is 12.3 Å². The van der Waals surface area contributed by atoms with Gasteiger partial charge in [-0.2, -0.15) is 13.5 Å². The quantitative estimate of drug-likeness (QED) is 0.386. The van der Waals surface area contributed by atoms with E-state index in [4.69, 9.17) is 13.7 Å². The Labute approximate surface area is 138 Å². The third-order valence-electron chi connectivity index (χ3n) is 2.78. The van der Waals surface area contributed by atoms with Gasteiger partial charge in [-0.05, 0) is 24.3 Å². The number of hydrogen-bond donors (Lipinski definition) is 3. The first-order valence-electron chi connectivity index (χ1n) is 6.66. The van der Waals surface area contributed by atoms with E-state index in [-0.39, 0.29) is 12.3 Å². The van der Waals surface area contributed by atoms with E-state index in [1.165, 1.54) is 13.2 Å². The summed E-state index contributed by atoms with van der Waals surface area (Å²) in [7, 11) is -2.88. The zero-order chi connectivity index (χ0) is 17.6. The first-order valence-corrected chi connectivity index (χ1v) is 8.10. The van der Waals surface area contributed by atoms with Gasteiger partial charge in [0.2, 0.25) is 5.09 Å². The third-order valence-corrected chi connectivity index (χ3v) is 3.51. The largest absolute Gasteiger partial charge is 0.495 e. The van der Waals surface area contributed by atoms with E-state index < -0.39 is 21.1 Å². The van der Waals surface area contributed by atoms with Crippen molar-refractivity contribution in [3.05, 3.63) is 42.2 Å². The lowest BCUT2D eigenvalue weighted by Gasteiger charge is -2.09. The van der Waals surface area contributed by atoms with Gasteiger partial charge in [-0.3, -0.25) is 9.35 Å². The highest BCUT2D eigenvalue weighted by Crippen LogP contribution is 2.22. The second-order valence-corrected chi connectivity index (χ2v) is 5.83. The second kappa shape index (κ2) is 7.62. The number of methoxy groups -OCH3 is 1. The molecule has 1 aromatic heterocycles. The number of nitrogens with one attached hydrogen (secondary N) is 2. The Morgan fingerprint density at radius 1 is 1.33 bits per heavy atom. The predicted molar refractivity (Wildman–Crippen MR) is 85.7 cm³/mol. The van der Waals surface area contributed by atoms with E-state index in [9.17, 15) is 13.2 Å². The molecular formula is C14H15N3O6S. The number of hydrogen-bond acceptors (Lipinski definition) is 7. The fourth-order valence-electron chi connectivity index (χ4n) is 1.72. The van der Waals surface area contributed by atoms with Gasteiger partial charge in [-0.15, -0.1) is 0 Å². The average molecular weight is 353 g/mol. The smallest absolute Gasteiger partial charge is 0.328 e. The number of nitrogens with zero attached hydrogens (tertiary/aromatic N) is 1. The molecule has 0 saturated carbocycles. The molecule has 1 amide bonds. The fourth-order valence-corrected chi connectivity index (χ4v) is 2.16. The van der Waals surface area contributed by atoms with Crippen LogP contribution in [0.1, 0.15) is 5.76 Å². The molecule has 0 aliphatic heterocycles. The standard InChI is InChI=1S/C14H15N3O6S/c1-22-12-5-3-2-4-11(12)15-9-13(18)17-16-8-10-6-7-14(23-10)24(19,20)21/h2-8,15H,9H2,1H3,(H,17,18)(H,19,20,21)/b16-8+. The van der Waals surface area contributed by atoms with Crippen LogP contribution >= 0.6 is 0 Å². The molecule has 3 N–H and O–H groups in total. The van der Waals surface area contributed by atoms with Crippen LogP contribution in [0.15, 0.2) is 51.0 Å². The molecule has 2 aromatic rings.